The van der Waals surface area contributed by atoms with Crippen LogP contribution < -0.4 is 5.32 Å². The normalized spacial score (nSPS) is 13.8. The third-order valence-electron chi connectivity index (χ3n) is 3.06. The second kappa shape index (κ2) is 6.63. The molecular formula is C14H16BrN3O. The van der Waals surface area contributed by atoms with Gasteiger partial charge in [0.15, 0.2) is 0 Å². The van der Waals surface area contributed by atoms with Gasteiger partial charge in [0.2, 0.25) is 5.95 Å². The van der Waals surface area contributed by atoms with Crippen LogP contribution >= 0.6 is 15.9 Å². The van der Waals surface area contributed by atoms with Crippen molar-refractivity contribution in [3.05, 3.63) is 52.8 Å². The molecule has 1 aromatic carbocycles. The molecule has 0 radical (unpaired) electrons. The molecule has 0 spiro atoms. The van der Waals surface area contributed by atoms with Crippen molar-refractivity contribution >= 4 is 21.9 Å². The second-order valence-electron chi connectivity index (χ2n) is 4.36. The largest absolute Gasteiger partial charge is 0.394 e. The van der Waals surface area contributed by atoms with Gasteiger partial charge in [-0.1, -0.05) is 37.3 Å². The lowest BCUT2D eigenvalue weighted by Gasteiger charge is -2.23. The van der Waals surface area contributed by atoms with E-state index >= 15 is 0 Å². The molecular weight excluding hydrogens is 306 g/mol. The minimum absolute atomic E-state index is 0.0233. The van der Waals surface area contributed by atoms with E-state index in [-0.39, 0.29) is 18.6 Å². The predicted octanol–water partition coefficient (Wildman–Crippen LogP) is 2.82. The molecule has 0 saturated carbocycles. The number of hydrogen-bond acceptors (Lipinski definition) is 4. The lowest BCUT2D eigenvalue weighted by Crippen LogP contribution is -2.30. The summed E-state index contributed by atoms with van der Waals surface area (Å²) in [5.41, 5.74) is 1.17. The number of hydrogen-bond donors (Lipinski definition) is 2. The predicted molar refractivity (Wildman–Crippen MR) is 79.1 cm³/mol. The molecule has 0 aliphatic carbocycles. The third kappa shape index (κ3) is 3.75. The van der Waals surface area contributed by atoms with Gasteiger partial charge in [-0.3, -0.25) is 0 Å². The molecule has 0 amide bonds. The van der Waals surface area contributed by atoms with Crippen molar-refractivity contribution in [2.75, 3.05) is 11.9 Å². The van der Waals surface area contributed by atoms with E-state index in [1.165, 1.54) is 5.56 Å². The van der Waals surface area contributed by atoms with Crippen LogP contribution in [0.4, 0.5) is 5.95 Å². The highest BCUT2D eigenvalue weighted by Gasteiger charge is 2.18. The number of aromatic nitrogens is 2. The van der Waals surface area contributed by atoms with E-state index in [4.69, 9.17) is 0 Å². The zero-order valence-corrected chi connectivity index (χ0v) is 12.2. The van der Waals surface area contributed by atoms with Gasteiger partial charge >= 0.3 is 0 Å². The Bertz CT molecular complexity index is 504. The number of rotatable bonds is 5. The lowest BCUT2D eigenvalue weighted by molar-refractivity contribution is 0.261. The molecule has 0 bridgehead atoms. The Morgan fingerprint density at radius 2 is 1.84 bits per heavy atom. The molecule has 5 heteroatoms. The second-order valence-corrected chi connectivity index (χ2v) is 5.27. The van der Waals surface area contributed by atoms with E-state index < -0.39 is 0 Å². The number of nitrogens with zero attached hydrogens (tertiary/aromatic N) is 2. The van der Waals surface area contributed by atoms with E-state index in [0.29, 0.717) is 5.95 Å². The molecule has 2 aromatic rings. The maximum Gasteiger partial charge on any atom is 0.222 e. The van der Waals surface area contributed by atoms with Crippen LogP contribution in [0.2, 0.25) is 0 Å². The van der Waals surface area contributed by atoms with Crippen molar-refractivity contribution in [1.29, 1.82) is 0 Å². The molecule has 1 heterocycles. The van der Waals surface area contributed by atoms with Crippen molar-refractivity contribution in [3.8, 4) is 0 Å². The van der Waals surface area contributed by atoms with E-state index in [1.54, 1.807) is 12.4 Å². The summed E-state index contributed by atoms with van der Waals surface area (Å²) >= 11 is 3.29. The van der Waals surface area contributed by atoms with Gasteiger partial charge in [0.05, 0.1) is 17.1 Å². The first-order chi connectivity index (χ1) is 9.20. The molecule has 1 aromatic heterocycles. The molecule has 0 unspecified atom stereocenters. The Balaban J connectivity index is 2.10. The Morgan fingerprint density at radius 3 is 2.42 bits per heavy atom. The molecule has 0 saturated heterocycles. The average Bonchev–Trinajstić information content (AvgIpc) is 2.47. The third-order valence-corrected chi connectivity index (χ3v) is 3.47. The number of nitrogens with one attached hydrogen (secondary N) is 1. The van der Waals surface area contributed by atoms with Crippen LogP contribution in [0.3, 0.4) is 0 Å². The standard InChI is InChI=1S/C14H16BrN3O/c1-10(11-5-3-2-4-6-11)13(9-19)18-14-16-7-12(15)8-17-14/h2-8,10,13,19H,9H2,1H3,(H,16,17,18)/t10-,13+/m0/s1. The van der Waals surface area contributed by atoms with Crippen molar-refractivity contribution in [2.45, 2.75) is 18.9 Å². The Kier molecular flexibility index (Phi) is 4.87. The van der Waals surface area contributed by atoms with Gasteiger partial charge in [-0.25, -0.2) is 9.97 Å². The Labute approximate surface area is 121 Å². The first-order valence-corrected chi connectivity index (χ1v) is 6.90. The highest BCUT2D eigenvalue weighted by molar-refractivity contribution is 9.10. The summed E-state index contributed by atoms with van der Waals surface area (Å²) < 4.78 is 0.828. The van der Waals surface area contributed by atoms with Crippen LogP contribution in [0.25, 0.3) is 0 Å². The van der Waals surface area contributed by atoms with Crippen molar-refractivity contribution in [2.24, 2.45) is 0 Å². The summed E-state index contributed by atoms with van der Waals surface area (Å²) in [5, 5.41) is 12.7. The molecule has 0 fully saturated rings. The smallest absolute Gasteiger partial charge is 0.222 e. The van der Waals surface area contributed by atoms with Crippen molar-refractivity contribution < 1.29 is 5.11 Å². The van der Waals surface area contributed by atoms with Gasteiger partial charge in [-0.15, -0.1) is 0 Å². The van der Waals surface area contributed by atoms with Crippen LogP contribution in [0.1, 0.15) is 18.4 Å². The fourth-order valence-electron chi connectivity index (χ4n) is 1.87. The van der Waals surface area contributed by atoms with E-state index in [0.717, 1.165) is 4.47 Å². The fourth-order valence-corrected chi connectivity index (χ4v) is 2.08. The van der Waals surface area contributed by atoms with Crippen LogP contribution in [-0.2, 0) is 0 Å². The first-order valence-electron chi connectivity index (χ1n) is 6.10. The van der Waals surface area contributed by atoms with Gasteiger partial charge in [-0.05, 0) is 21.5 Å². The average molecular weight is 322 g/mol. The van der Waals surface area contributed by atoms with E-state index in [1.807, 2.05) is 18.2 Å². The SMILES string of the molecule is C[C@@H](c1ccccc1)[C@@H](CO)Nc1ncc(Br)cn1. The molecule has 100 valence electrons. The maximum absolute atomic E-state index is 9.55. The van der Waals surface area contributed by atoms with Crippen molar-refractivity contribution in [3.63, 3.8) is 0 Å². The highest BCUT2D eigenvalue weighted by Crippen LogP contribution is 2.21. The number of anilines is 1. The molecule has 4 nitrogen and oxygen atoms in total. The molecule has 2 atom stereocenters. The van der Waals surface area contributed by atoms with E-state index in [9.17, 15) is 5.11 Å². The van der Waals surface area contributed by atoms with E-state index in [2.05, 4.69) is 50.3 Å². The summed E-state index contributed by atoms with van der Waals surface area (Å²) in [6.07, 6.45) is 3.36. The monoisotopic (exact) mass is 321 g/mol. The summed E-state index contributed by atoms with van der Waals surface area (Å²) in [6.45, 7) is 2.09. The zero-order valence-electron chi connectivity index (χ0n) is 10.6. The number of benzene rings is 1. The van der Waals surface area contributed by atoms with Gasteiger partial charge in [-0.2, -0.15) is 0 Å². The topological polar surface area (TPSA) is 58.0 Å². The first kappa shape index (κ1) is 14.0. The van der Waals surface area contributed by atoms with Crippen LogP contribution in [0, 0.1) is 0 Å². The maximum atomic E-state index is 9.55. The zero-order chi connectivity index (χ0) is 13.7. The molecule has 2 N–H and O–H groups in total. The number of aliphatic hydroxyl groups is 1. The lowest BCUT2D eigenvalue weighted by atomic mass is 9.94. The van der Waals surface area contributed by atoms with Crippen LogP contribution in [-0.4, -0.2) is 27.7 Å². The number of halogens is 1. The highest BCUT2D eigenvalue weighted by atomic mass is 79.9. The minimum Gasteiger partial charge on any atom is -0.394 e. The Morgan fingerprint density at radius 1 is 1.21 bits per heavy atom. The molecule has 19 heavy (non-hydrogen) atoms. The van der Waals surface area contributed by atoms with Gasteiger partial charge in [0, 0.05) is 18.3 Å². The fraction of sp³-hybridized carbons (Fsp3) is 0.286. The quantitative estimate of drug-likeness (QED) is 0.889. The molecule has 0 aliphatic heterocycles. The summed E-state index contributed by atoms with van der Waals surface area (Å²) in [5.74, 6) is 0.684. The summed E-state index contributed by atoms with van der Waals surface area (Å²) in [7, 11) is 0. The van der Waals surface area contributed by atoms with Gasteiger partial charge in [0.1, 0.15) is 0 Å². The molecule has 2 rings (SSSR count). The minimum atomic E-state index is -0.122. The Hall–Kier alpha value is -1.46. The number of aliphatic hydroxyl groups excluding tert-OH is 1. The van der Waals surface area contributed by atoms with Gasteiger partial charge in [0.25, 0.3) is 0 Å². The van der Waals surface area contributed by atoms with Crippen LogP contribution in [0.15, 0.2) is 47.2 Å². The molecule has 0 aliphatic rings. The van der Waals surface area contributed by atoms with Crippen LogP contribution in [0.5, 0.6) is 0 Å². The summed E-state index contributed by atoms with van der Waals surface area (Å²) in [6, 6.07) is 9.96. The summed E-state index contributed by atoms with van der Waals surface area (Å²) in [4.78, 5) is 8.32. The van der Waals surface area contributed by atoms with Crippen molar-refractivity contribution in [1.82, 2.24) is 9.97 Å². The van der Waals surface area contributed by atoms with Gasteiger partial charge < -0.3 is 10.4 Å².